The van der Waals surface area contributed by atoms with E-state index in [9.17, 15) is 4.79 Å². The van der Waals surface area contributed by atoms with Gasteiger partial charge in [0.25, 0.3) is 0 Å². The molecule has 7 heteroatoms. The van der Waals surface area contributed by atoms with E-state index in [2.05, 4.69) is 29.4 Å². The Kier molecular flexibility index (Phi) is 6.93. The van der Waals surface area contributed by atoms with Gasteiger partial charge in [0.15, 0.2) is 11.0 Å². The number of amides is 1. The molecular weight excluding hydrogens is 384 g/mol. The Morgan fingerprint density at radius 3 is 2.45 bits per heavy atom. The second-order valence-corrected chi connectivity index (χ2v) is 8.24. The van der Waals surface area contributed by atoms with Crippen LogP contribution in [-0.4, -0.2) is 33.0 Å². The number of carbonyl (C=O) groups excluding carboxylic acids is 1. The van der Waals surface area contributed by atoms with Gasteiger partial charge < -0.3 is 14.6 Å². The van der Waals surface area contributed by atoms with Crippen molar-refractivity contribution in [3.63, 3.8) is 0 Å². The second kappa shape index (κ2) is 9.60. The van der Waals surface area contributed by atoms with Crippen molar-refractivity contribution in [2.75, 3.05) is 17.7 Å². The van der Waals surface area contributed by atoms with Crippen LogP contribution in [0, 0.1) is 12.8 Å². The Labute approximate surface area is 175 Å². The molecule has 1 amide bonds. The molecule has 3 aromatic rings. The van der Waals surface area contributed by atoms with Gasteiger partial charge >= 0.3 is 0 Å². The molecule has 0 fully saturated rings. The summed E-state index contributed by atoms with van der Waals surface area (Å²) in [5.74, 6) is 2.27. The molecule has 0 aliphatic rings. The number of carbonyl (C=O) groups is 1. The van der Waals surface area contributed by atoms with E-state index >= 15 is 0 Å². The van der Waals surface area contributed by atoms with Crippen LogP contribution in [0.15, 0.2) is 53.7 Å². The molecule has 0 radical (unpaired) electrons. The third-order valence-electron chi connectivity index (χ3n) is 4.20. The lowest BCUT2D eigenvalue weighted by Gasteiger charge is -2.09. The molecular formula is C22H26N4O2S. The average molecular weight is 411 g/mol. The van der Waals surface area contributed by atoms with E-state index in [0.29, 0.717) is 17.7 Å². The van der Waals surface area contributed by atoms with Crippen LogP contribution >= 0.6 is 11.8 Å². The van der Waals surface area contributed by atoms with Gasteiger partial charge in [-0.05, 0) is 49.2 Å². The zero-order chi connectivity index (χ0) is 20.8. The smallest absolute Gasteiger partial charge is 0.234 e. The summed E-state index contributed by atoms with van der Waals surface area (Å²) in [5.41, 5.74) is 2.90. The van der Waals surface area contributed by atoms with Gasteiger partial charge in [-0.25, -0.2) is 0 Å². The van der Waals surface area contributed by atoms with Crippen molar-refractivity contribution < 1.29 is 9.53 Å². The number of nitrogens with zero attached hydrogens (tertiary/aromatic N) is 3. The summed E-state index contributed by atoms with van der Waals surface area (Å²) >= 11 is 1.36. The van der Waals surface area contributed by atoms with Crippen molar-refractivity contribution in [1.82, 2.24) is 14.8 Å². The van der Waals surface area contributed by atoms with Crippen molar-refractivity contribution in [1.29, 1.82) is 0 Å². The third-order valence-corrected chi connectivity index (χ3v) is 5.22. The first-order valence-electron chi connectivity index (χ1n) is 9.54. The number of aryl methyl sites for hydroxylation is 1. The maximum Gasteiger partial charge on any atom is 0.234 e. The highest BCUT2D eigenvalue weighted by Gasteiger charge is 2.13. The number of benzene rings is 2. The van der Waals surface area contributed by atoms with Crippen molar-refractivity contribution in [2.45, 2.75) is 25.9 Å². The van der Waals surface area contributed by atoms with Gasteiger partial charge in [0.05, 0.1) is 12.4 Å². The highest BCUT2D eigenvalue weighted by Crippen LogP contribution is 2.25. The summed E-state index contributed by atoms with van der Waals surface area (Å²) in [6.07, 6.45) is 0. The first kappa shape index (κ1) is 20.9. The molecule has 0 saturated carbocycles. The number of ether oxygens (including phenoxy) is 1. The monoisotopic (exact) mass is 410 g/mol. The van der Waals surface area contributed by atoms with E-state index < -0.39 is 0 Å². The summed E-state index contributed by atoms with van der Waals surface area (Å²) < 4.78 is 7.62. The number of rotatable bonds is 8. The summed E-state index contributed by atoms with van der Waals surface area (Å²) in [4.78, 5) is 12.2. The van der Waals surface area contributed by atoms with E-state index in [4.69, 9.17) is 4.74 Å². The predicted molar refractivity (Wildman–Crippen MR) is 117 cm³/mol. The lowest BCUT2D eigenvalue weighted by molar-refractivity contribution is -0.113. The van der Waals surface area contributed by atoms with Crippen molar-refractivity contribution in [3.8, 4) is 17.1 Å². The Bertz CT molecular complexity index is 950. The molecule has 1 heterocycles. The Morgan fingerprint density at radius 1 is 1.10 bits per heavy atom. The molecule has 0 unspecified atom stereocenters. The first-order chi connectivity index (χ1) is 13.9. The van der Waals surface area contributed by atoms with Gasteiger partial charge in [-0.15, -0.1) is 10.2 Å². The Morgan fingerprint density at radius 2 is 1.79 bits per heavy atom. The maximum absolute atomic E-state index is 12.2. The average Bonchev–Trinajstić information content (AvgIpc) is 3.07. The minimum absolute atomic E-state index is 0.0740. The van der Waals surface area contributed by atoms with Crippen LogP contribution in [0.25, 0.3) is 11.4 Å². The molecule has 0 aliphatic heterocycles. The van der Waals surface area contributed by atoms with E-state index in [1.54, 1.807) is 0 Å². The van der Waals surface area contributed by atoms with Crippen LogP contribution in [-0.2, 0) is 11.8 Å². The van der Waals surface area contributed by atoms with E-state index in [1.807, 2.05) is 67.1 Å². The fourth-order valence-corrected chi connectivity index (χ4v) is 3.33. The van der Waals surface area contributed by atoms with Crippen LogP contribution in [0.3, 0.4) is 0 Å². The van der Waals surface area contributed by atoms with Crippen LogP contribution in [0.5, 0.6) is 5.75 Å². The van der Waals surface area contributed by atoms with Gasteiger partial charge in [0.1, 0.15) is 5.75 Å². The zero-order valence-electron chi connectivity index (χ0n) is 17.2. The molecule has 2 aromatic carbocycles. The van der Waals surface area contributed by atoms with Crippen LogP contribution < -0.4 is 10.1 Å². The summed E-state index contributed by atoms with van der Waals surface area (Å²) in [7, 11) is 1.90. The van der Waals surface area contributed by atoms with Gasteiger partial charge in [-0.1, -0.05) is 43.3 Å². The minimum atomic E-state index is -0.0740. The number of hydrogen-bond acceptors (Lipinski definition) is 5. The molecule has 6 nitrogen and oxygen atoms in total. The first-order valence-corrected chi connectivity index (χ1v) is 10.5. The van der Waals surface area contributed by atoms with Crippen LogP contribution in [0.2, 0.25) is 0 Å². The SMILES string of the molecule is Cc1ccc(NC(=O)CSc2nnc(-c3ccc(OCC(C)C)cc3)n2C)cc1. The van der Waals surface area contributed by atoms with Crippen molar-refractivity contribution in [2.24, 2.45) is 13.0 Å². The van der Waals surface area contributed by atoms with E-state index in [1.165, 1.54) is 11.8 Å². The lowest BCUT2D eigenvalue weighted by Crippen LogP contribution is -2.14. The Hall–Kier alpha value is -2.80. The molecule has 152 valence electrons. The molecule has 0 spiro atoms. The number of anilines is 1. The second-order valence-electron chi connectivity index (χ2n) is 7.30. The number of aromatic nitrogens is 3. The normalized spacial score (nSPS) is 10.9. The summed E-state index contributed by atoms with van der Waals surface area (Å²) in [6, 6.07) is 15.5. The number of nitrogens with one attached hydrogen (secondary N) is 1. The van der Waals surface area contributed by atoms with Gasteiger partial charge in [-0.2, -0.15) is 0 Å². The Balaban J connectivity index is 1.58. The highest BCUT2D eigenvalue weighted by molar-refractivity contribution is 7.99. The molecule has 1 aromatic heterocycles. The third kappa shape index (κ3) is 5.84. The summed E-state index contributed by atoms with van der Waals surface area (Å²) in [6.45, 7) is 6.94. The van der Waals surface area contributed by atoms with Crippen LogP contribution in [0.4, 0.5) is 5.69 Å². The molecule has 0 aliphatic carbocycles. The fourth-order valence-electron chi connectivity index (χ4n) is 2.62. The largest absolute Gasteiger partial charge is 0.493 e. The standard InChI is InChI=1S/C22H26N4O2S/c1-15(2)13-28-19-11-7-17(8-12-19)21-24-25-22(26(21)4)29-14-20(27)23-18-9-5-16(3)6-10-18/h5-12,15H,13-14H2,1-4H3,(H,23,27). The van der Waals surface area contributed by atoms with Crippen molar-refractivity contribution in [3.05, 3.63) is 54.1 Å². The molecule has 3 rings (SSSR count). The fraction of sp³-hybridized carbons (Fsp3) is 0.318. The molecule has 1 N–H and O–H groups in total. The van der Waals surface area contributed by atoms with Gasteiger partial charge in [-0.3, -0.25) is 4.79 Å². The molecule has 29 heavy (non-hydrogen) atoms. The molecule has 0 saturated heterocycles. The van der Waals surface area contributed by atoms with E-state index in [-0.39, 0.29) is 11.7 Å². The van der Waals surface area contributed by atoms with Gasteiger partial charge in [0.2, 0.25) is 5.91 Å². The number of thioether (sulfide) groups is 1. The van der Waals surface area contributed by atoms with Crippen molar-refractivity contribution >= 4 is 23.4 Å². The van der Waals surface area contributed by atoms with E-state index in [0.717, 1.165) is 28.4 Å². The topological polar surface area (TPSA) is 69.0 Å². The lowest BCUT2D eigenvalue weighted by atomic mass is 10.2. The molecule has 0 bridgehead atoms. The van der Waals surface area contributed by atoms with Crippen LogP contribution in [0.1, 0.15) is 19.4 Å². The summed E-state index contributed by atoms with van der Waals surface area (Å²) in [5, 5.41) is 12.1. The van der Waals surface area contributed by atoms with Gasteiger partial charge in [0, 0.05) is 18.3 Å². The number of hydrogen-bond donors (Lipinski definition) is 1. The maximum atomic E-state index is 12.2. The minimum Gasteiger partial charge on any atom is -0.493 e. The quantitative estimate of drug-likeness (QED) is 0.552. The molecule has 0 atom stereocenters. The predicted octanol–water partition coefficient (Wildman–Crippen LogP) is 4.56. The highest BCUT2D eigenvalue weighted by atomic mass is 32.2. The zero-order valence-corrected chi connectivity index (χ0v) is 18.0.